The Hall–Kier alpha value is -2.74. The van der Waals surface area contributed by atoms with Crippen molar-refractivity contribution in [1.82, 2.24) is 21.2 Å². The number of aromatic nitrogens is 2. The van der Waals surface area contributed by atoms with E-state index in [-0.39, 0.29) is 5.91 Å². The smallest absolute Gasteiger partial charge is 0.267 e. The van der Waals surface area contributed by atoms with E-state index in [9.17, 15) is 9.59 Å². The van der Waals surface area contributed by atoms with Crippen LogP contribution < -0.4 is 10.9 Å². The fourth-order valence-electron chi connectivity index (χ4n) is 1.58. The Bertz CT molecular complexity index is 766. The molecule has 0 unspecified atom stereocenters. The third-order valence-electron chi connectivity index (χ3n) is 2.55. The summed E-state index contributed by atoms with van der Waals surface area (Å²) in [5.74, 6) is -0.808. The molecule has 2 N–H and O–H groups in total. The zero-order valence-electron chi connectivity index (χ0n) is 9.99. The first kappa shape index (κ1) is 12.3. The highest BCUT2D eigenvalue weighted by Gasteiger charge is 2.11. The van der Waals surface area contributed by atoms with Crippen LogP contribution in [0.3, 0.4) is 0 Å². The molecule has 0 aliphatic rings. The highest BCUT2D eigenvalue weighted by atomic mass is 32.1. The Kier molecular flexibility index (Phi) is 3.13. The third-order valence-corrected chi connectivity index (χ3v) is 3.42. The predicted octanol–water partition coefficient (Wildman–Crippen LogP) is 1.36. The number of carbonyl (C=O) groups is 2. The monoisotopic (exact) mass is 288 g/mol. The average Bonchev–Trinajstić information content (AvgIpc) is 3.13. The molecule has 3 rings (SSSR count). The molecule has 2 heterocycles. The summed E-state index contributed by atoms with van der Waals surface area (Å²) >= 11 is 1.29. The zero-order valence-corrected chi connectivity index (χ0v) is 10.8. The molecule has 0 atom stereocenters. The number of rotatable bonds is 2. The molecule has 1 aromatic carbocycles. The highest BCUT2D eigenvalue weighted by molar-refractivity contribution is 7.12. The van der Waals surface area contributed by atoms with E-state index in [1.54, 1.807) is 29.6 Å². The average molecular weight is 288 g/mol. The number of fused-ring (bicyclic) bond motifs is 1. The number of thiophene rings is 1. The van der Waals surface area contributed by atoms with Gasteiger partial charge in [-0.25, -0.2) is 4.63 Å². The number of nitrogens with zero attached hydrogens (tertiary/aromatic N) is 2. The van der Waals surface area contributed by atoms with Crippen LogP contribution in [0.25, 0.3) is 11.0 Å². The standard InChI is InChI=1S/C12H8N4O3S/c17-11(13-14-12(18)10-2-1-5-20-10)7-3-4-8-9(6-7)16-19-15-8/h1-6H,(H,13,17)(H,14,18). The lowest BCUT2D eigenvalue weighted by molar-refractivity contribution is 0.0849. The van der Waals surface area contributed by atoms with Crippen LogP contribution in [0.5, 0.6) is 0 Å². The largest absolute Gasteiger partial charge is 0.279 e. The lowest BCUT2D eigenvalue weighted by Crippen LogP contribution is -2.41. The van der Waals surface area contributed by atoms with Crippen LogP contribution in [0.15, 0.2) is 40.3 Å². The van der Waals surface area contributed by atoms with Gasteiger partial charge in [-0.2, -0.15) is 0 Å². The van der Waals surface area contributed by atoms with E-state index in [2.05, 4.69) is 25.8 Å². The molecule has 0 saturated heterocycles. The Labute approximate surface area is 116 Å². The Morgan fingerprint density at radius 3 is 2.65 bits per heavy atom. The van der Waals surface area contributed by atoms with E-state index in [1.165, 1.54) is 17.4 Å². The molecule has 2 aromatic heterocycles. The fraction of sp³-hybridized carbons (Fsp3) is 0. The Balaban J connectivity index is 1.68. The minimum absolute atomic E-state index is 0.347. The molecule has 0 aliphatic carbocycles. The van der Waals surface area contributed by atoms with Gasteiger partial charge in [0.1, 0.15) is 11.0 Å². The molecule has 3 aromatic rings. The van der Waals surface area contributed by atoms with Gasteiger partial charge in [0.2, 0.25) is 0 Å². The molecule has 0 fully saturated rings. The molecule has 0 spiro atoms. The van der Waals surface area contributed by atoms with E-state index in [0.29, 0.717) is 21.5 Å². The number of benzene rings is 1. The van der Waals surface area contributed by atoms with Crippen molar-refractivity contribution in [3.63, 3.8) is 0 Å². The summed E-state index contributed by atoms with van der Waals surface area (Å²) < 4.78 is 4.55. The molecule has 0 aliphatic heterocycles. The Morgan fingerprint density at radius 2 is 1.85 bits per heavy atom. The molecular formula is C12H8N4O3S. The van der Waals surface area contributed by atoms with Crippen molar-refractivity contribution in [1.29, 1.82) is 0 Å². The number of nitrogens with one attached hydrogen (secondary N) is 2. The maximum atomic E-state index is 11.9. The first-order valence-corrected chi connectivity index (χ1v) is 6.48. The van der Waals surface area contributed by atoms with Crippen molar-refractivity contribution in [2.75, 3.05) is 0 Å². The molecule has 0 bridgehead atoms. The summed E-state index contributed by atoms with van der Waals surface area (Å²) in [6.45, 7) is 0. The number of hydrazine groups is 1. The zero-order chi connectivity index (χ0) is 13.9. The van der Waals surface area contributed by atoms with Crippen molar-refractivity contribution >= 4 is 34.2 Å². The van der Waals surface area contributed by atoms with E-state index in [1.807, 2.05) is 0 Å². The van der Waals surface area contributed by atoms with Gasteiger partial charge in [-0.1, -0.05) is 6.07 Å². The van der Waals surface area contributed by atoms with Crippen molar-refractivity contribution < 1.29 is 14.2 Å². The van der Waals surface area contributed by atoms with Crippen LogP contribution in [0.2, 0.25) is 0 Å². The normalized spacial score (nSPS) is 10.4. The maximum absolute atomic E-state index is 11.9. The van der Waals surface area contributed by atoms with E-state index < -0.39 is 5.91 Å². The van der Waals surface area contributed by atoms with Gasteiger partial charge < -0.3 is 0 Å². The summed E-state index contributed by atoms with van der Waals surface area (Å²) in [7, 11) is 0. The summed E-state index contributed by atoms with van der Waals surface area (Å²) in [6, 6.07) is 8.13. The SMILES string of the molecule is O=C(NNC(=O)c1cccs1)c1ccc2nonc2c1. The van der Waals surface area contributed by atoms with Crippen LogP contribution >= 0.6 is 11.3 Å². The van der Waals surface area contributed by atoms with Gasteiger partial charge in [0.15, 0.2) is 0 Å². The minimum Gasteiger partial charge on any atom is -0.267 e. The molecular weight excluding hydrogens is 280 g/mol. The number of carbonyl (C=O) groups excluding carboxylic acids is 2. The molecule has 2 amide bonds. The third kappa shape index (κ3) is 2.36. The topological polar surface area (TPSA) is 97.1 Å². The number of amides is 2. The first-order valence-electron chi connectivity index (χ1n) is 5.60. The first-order chi connectivity index (χ1) is 9.74. The second-order valence-electron chi connectivity index (χ2n) is 3.85. The fourth-order valence-corrected chi connectivity index (χ4v) is 2.20. The van der Waals surface area contributed by atoms with Crippen molar-refractivity contribution in [3.8, 4) is 0 Å². The molecule has 20 heavy (non-hydrogen) atoms. The summed E-state index contributed by atoms with van der Waals surface area (Å²) in [4.78, 5) is 24.1. The van der Waals surface area contributed by atoms with Gasteiger partial charge in [-0.15, -0.1) is 11.3 Å². The second-order valence-corrected chi connectivity index (χ2v) is 4.80. The van der Waals surface area contributed by atoms with Gasteiger partial charge in [0, 0.05) is 5.56 Å². The predicted molar refractivity (Wildman–Crippen MR) is 71.1 cm³/mol. The Morgan fingerprint density at radius 1 is 1.05 bits per heavy atom. The van der Waals surface area contributed by atoms with E-state index in [0.717, 1.165) is 0 Å². The summed E-state index contributed by atoms with van der Waals surface area (Å²) in [6.07, 6.45) is 0. The second kappa shape index (κ2) is 5.10. The minimum atomic E-state index is -0.445. The molecule has 0 radical (unpaired) electrons. The van der Waals surface area contributed by atoms with Crippen LogP contribution in [0, 0.1) is 0 Å². The van der Waals surface area contributed by atoms with Gasteiger partial charge in [0.25, 0.3) is 11.8 Å². The van der Waals surface area contributed by atoms with Crippen molar-refractivity contribution in [2.45, 2.75) is 0 Å². The van der Waals surface area contributed by atoms with Crippen LogP contribution in [-0.4, -0.2) is 22.1 Å². The molecule has 0 saturated carbocycles. The van der Waals surface area contributed by atoms with Gasteiger partial charge in [0.05, 0.1) is 4.88 Å². The summed E-state index contributed by atoms with van der Waals surface area (Å²) in [5, 5.41) is 9.07. The molecule has 7 nitrogen and oxygen atoms in total. The van der Waals surface area contributed by atoms with Crippen LogP contribution in [-0.2, 0) is 0 Å². The van der Waals surface area contributed by atoms with Crippen LogP contribution in [0.4, 0.5) is 0 Å². The van der Waals surface area contributed by atoms with E-state index >= 15 is 0 Å². The maximum Gasteiger partial charge on any atom is 0.279 e. The lowest BCUT2D eigenvalue weighted by Gasteiger charge is -2.05. The van der Waals surface area contributed by atoms with Gasteiger partial charge >= 0.3 is 0 Å². The molecule has 8 heteroatoms. The van der Waals surface area contributed by atoms with Crippen molar-refractivity contribution in [2.24, 2.45) is 0 Å². The number of hydrogen-bond acceptors (Lipinski definition) is 6. The highest BCUT2D eigenvalue weighted by Crippen LogP contribution is 2.11. The molecule has 100 valence electrons. The van der Waals surface area contributed by atoms with Gasteiger partial charge in [-0.3, -0.25) is 20.4 Å². The van der Waals surface area contributed by atoms with E-state index in [4.69, 9.17) is 0 Å². The quantitative estimate of drug-likeness (QED) is 0.694. The lowest BCUT2D eigenvalue weighted by atomic mass is 10.2. The van der Waals surface area contributed by atoms with Crippen LogP contribution in [0.1, 0.15) is 20.0 Å². The summed E-state index contributed by atoms with van der Waals surface area (Å²) in [5.41, 5.74) is 6.05. The van der Waals surface area contributed by atoms with Gasteiger partial charge in [-0.05, 0) is 40.0 Å². The number of hydrogen-bond donors (Lipinski definition) is 2. The van der Waals surface area contributed by atoms with Crippen molar-refractivity contribution in [3.05, 3.63) is 46.2 Å².